The molecular weight excluding hydrogens is 137 g/mol. The topological polar surface area (TPSA) is 30.7 Å². The Labute approximate surface area is 79.7 Å². The van der Waals surface area contributed by atoms with E-state index in [9.17, 15) is 0 Å². The van der Waals surface area contributed by atoms with Gasteiger partial charge < -0.3 is 0 Å². The number of hydrogen-bond acceptors (Lipinski definition) is 2. The predicted molar refractivity (Wildman–Crippen MR) is 41.9 cm³/mol. The minimum atomic E-state index is 0. The van der Waals surface area contributed by atoms with Gasteiger partial charge >= 0.3 is 78.4 Å². The van der Waals surface area contributed by atoms with E-state index in [1.807, 2.05) is 10.9 Å². The Hall–Kier alpha value is 0.140. The molecule has 0 radical (unpaired) electrons. The predicted octanol–water partition coefficient (Wildman–Crippen LogP) is 0.891. The van der Waals surface area contributed by atoms with E-state index in [4.69, 9.17) is 0 Å². The molecule has 3 nitrogen and oxygen atoms in total. The zero-order valence-electron chi connectivity index (χ0n) is 6.32. The Balaban J connectivity index is 0.000001000. The number of nitrogens with zero attached hydrogens (tertiary/aromatic N) is 3. The Morgan fingerprint density at radius 1 is 1.50 bits per heavy atom. The van der Waals surface area contributed by atoms with Gasteiger partial charge in [-0.2, -0.15) is 0 Å². The zero-order chi connectivity index (χ0) is 7.23. The van der Waals surface area contributed by atoms with E-state index < -0.39 is 0 Å². The van der Waals surface area contributed by atoms with Crippen LogP contribution in [0.1, 0.15) is 14.3 Å². The maximum absolute atomic E-state index is 3.87. The van der Waals surface area contributed by atoms with Gasteiger partial charge in [-0.15, -0.1) is 0 Å². The molecule has 0 aliphatic carbocycles. The van der Waals surface area contributed by atoms with E-state index >= 15 is 0 Å². The van der Waals surface area contributed by atoms with Crippen LogP contribution in [0.4, 0.5) is 0 Å². The third-order valence-corrected chi connectivity index (χ3v) is 2.17. The first-order chi connectivity index (χ1) is 4.93. The maximum atomic E-state index is 3.87. The van der Waals surface area contributed by atoms with Crippen LogP contribution in [0.15, 0.2) is 12.4 Å². The molecule has 0 bridgehead atoms. The Kier molecular flexibility index (Phi) is 4.02. The first-order valence-corrected chi connectivity index (χ1v) is 5.19. The second-order valence-electron chi connectivity index (χ2n) is 2.37. The molecule has 0 saturated carbocycles. The zero-order valence-corrected chi connectivity index (χ0v) is 8.32. The van der Waals surface area contributed by atoms with E-state index in [1.165, 1.54) is 44.4 Å². The Morgan fingerprint density at radius 2 is 2.40 bits per heavy atom. The average molecular weight is 149 g/mol. The van der Waals surface area contributed by atoms with Crippen LogP contribution in [0, 0.1) is 0 Å². The van der Waals surface area contributed by atoms with E-state index in [2.05, 4.69) is 10.3 Å². The molecule has 0 spiro atoms. The van der Waals surface area contributed by atoms with Crippen LogP contribution in [0.2, 0.25) is 3.67 Å². The summed E-state index contributed by atoms with van der Waals surface area (Å²) in [6, 6.07) is 0. The fraction of sp³-hybridized carbons (Fsp3) is 0.667. The van der Waals surface area contributed by atoms with Crippen LogP contribution >= 0.6 is 0 Å². The monoisotopic (exact) mass is 149 g/mol. The average Bonchev–Trinajstić information content (AvgIpc) is 2.41. The molecule has 0 amide bonds. The SMILES string of the molecule is [HH].[Na][CH2]CCCn1ccnn1. The van der Waals surface area contributed by atoms with Crippen LogP contribution in [0.25, 0.3) is 0 Å². The second kappa shape index (κ2) is 4.88. The molecule has 0 fully saturated rings. The summed E-state index contributed by atoms with van der Waals surface area (Å²) in [6.07, 6.45) is 6.22. The van der Waals surface area contributed by atoms with Crippen molar-refractivity contribution in [3.05, 3.63) is 12.4 Å². The molecule has 0 unspecified atom stereocenters. The van der Waals surface area contributed by atoms with Crippen molar-refractivity contribution >= 4 is 27.9 Å². The minimum absolute atomic E-state index is 0. The van der Waals surface area contributed by atoms with Gasteiger partial charge in [0.25, 0.3) is 0 Å². The summed E-state index contributed by atoms with van der Waals surface area (Å²) in [6.45, 7) is 1.03. The summed E-state index contributed by atoms with van der Waals surface area (Å²) in [7, 11) is 0. The molecule has 0 saturated heterocycles. The third kappa shape index (κ3) is 2.82. The van der Waals surface area contributed by atoms with Gasteiger partial charge in [0.15, 0.2) is 0 Å². The van der Waals surface area contributed by atoms with Crippen molar-refractivity contribution in [1.29, 1.82) is 0 Å². The molecule has 1 aromatic heterocycles. The summed E-state index contributed by atoms with van der Waals surface area (Å²) >= 11 is 1.33. The number of hydrogen-bond donors (Lipinski definition) is 0. The van der Waals surface area contributed by atoms with Gasteiger partial charge in [-0.3, -0.25) is 0 Å². The van der Waals surface area contributed by atoms with Crippen LogP contribution < -0.4 is 0 Å². The standard InChI is InChI=1S/C6H10N3.Na.H2/c1-2-3-5-9-6-4-7-8-9;;/h4,6H,1-3,5H2;;1H. The van der Waals surface area contributed by atoms with Crippen LogP contribution in [0.5, 0.6) is 0 Å². The van der Waals surface area contributed by atoms with E-state index in [0.717, 1.165) is 6.54 Å². The van der Waals surface area contributed by atoms with Crippen molar-refractivity contribution in [2.45, 2.75) is 23.1 Å². The van der Waals surface area contributed by atoms with Crippen molar-refractivity contribution in [2.24, 2.45) is 0 Å². The van der Waals surface area contributed by atoms with Crippen LogP contribution in [-0.4, -0.2) is 42.9 Å². The van der Waals surface area contributed by atoms with Gasteiger partial charge in [0.2, 0.25) is 0 Å². The summed E-state index contributed by atoms with van der Waals surface area (Å²) in [4.78, 5) is 0. The first-order valence-electron chi connectivity index (χ1n) is 3.77. The molecule has 1 heterocycles. The summed E-state index contributed by atoms with van der Waals surface area (Å²) < 4.78 is 3.28. The van der Waals surface area contributed by atoms with Gasteiger partial charge in [-0.05, 0) is 0 Å². The fourth-order valence-electron chi connectivity index (χ4n) is 0.876. The molecule has 52 valence electrons. The number of aryl methyl sites for hydroxylation is 1. The van der Waals surface area contributed by atoms with Crippen molar-refractivity contribution < 1.29 is 1.43 Å². The van der Waals surface area contributed by atoms with E-state index in [1.54, 1.807) is 6.20 Å². The number of rotatable bonds is 4. The van der Waals surface area contributed by atoms with Crippen LogP contribution in [0.3, 0.4) is 0 Å². The molecule has 1 rings (SSSR count). The molecule has 0 atom stereocenters. The molecule has 0 aromatic carbocycles. The molecule has 4 heteroatoms. The summed E-state index contributed by atoms with van der Waals surface area (Å²) in [5.41, 5.74) is 0. The van der Waals surface area contributed by atoms with Gasteiger partial charge in [0.1, 0.15) is 0 Å². The first kappa shape index (κ1) is 8.24. The molecular formula is C6H12N3Na. The van der Waals surface area contributed by atoms with Crippen molar-refractivity contribution in [3.8, 4) is 0 Å². The van der Waals surface area contributed by atoms with Crippen molar-refractivity contribution in [1.82, 2.24) is 15.0 Å². The molecule has 1 aromatic rings. The molecule has 0 N–H and O–H groups in total. The fourth-order valence-corrected chi connectivity index (χ4v) is 1.38. The van der Waals surface area contributed by atoms with E-state index in [0.29, 0.717) is 0 Å². The number of unbranched alkanes of at least 4 members (excludes halogenated alkanes) is 1. The van der Waals surface area contributed by atoms with Gasteiger partial charge in [-0.25, -0.2) is 0 Å². The normalized spacial score (nSPS) is 10.2. The third-order valence-electron chi connectivity index (χ3n) is 1.46. The Morgan fingerprint density at radius 3 is 3.00 bits per heavy atom. The molecule has 0 aliphatic heterocycles. The van der Waals surface area contributed by atoms with Gasteiger partial charge in [-0.1, -0.05) is 0 Å². The van der Waals surface area contributed by atoms with Crippen LogP contribution in [-0.2, 0) is 6.54 Å². The quantitative estimate of drug-likeness (QED) is 0.470. The Bertz CT molecular complexity index is 166. The number of aromatic nitrogens is 3. The molecule has 0 aliphatic rings. The molecule has 10 heavy (non-hydrogen) atoms. The van der Waals surface area contributed by atoms with Gasteiger partial charge in [0.05, 0.1) is 0 Å². The van der Waals surface area contributed by atoms with E-state index in [-0.39, 0.29) is 1.43 Å². The second-order valence-corrected chi connectivity index (χ2v) is 3.37. The van der Waals surface area contributed by atoms with Crippen molar-refractivity contribution in [3.63, 3.8) is 0 Å². The van der Waals surface area contributed by atoms with Gasteiger partial charge in [0, 0.05) is 1.43 Å². The summed E-state index contributed by atoms with van der Waals surface area (Å²) in [5.74, 6) is 0. The van der Waals surface area contributed by atoms with Crippen molar-refractivity contribution in [2.75, 3.05) is 0 Å². The summed E-state index contributed by atoms with van der Waals surface area (Å²) in [5, 5.41) is 7.59.